The van der Waals surface area contributed by atoms with Crippen LogP contribution in [0.25, 0.3) is 0 Å². The summed E-state index contributed by atoms with van der Waals surface area (Å²) in [5.74, 6) is 1.27. The lowest BCUT2D eigenvalue weighted by Gasteiger charge is -2.18. The molecule has 0 spiro atoms. The number of nitrogens with two attached hydrogens (primary N) is 1. The fraction of sp³-hybridized carbons (Fsp3) is 0.960. The topological polar surface area (TPSA) is 119 Å². The number of hydrogen-bond donors (Lipinski definition) is 3. The van der Waals surface area contributed by atoms with Crippen LogP contribution in [0.5, 0.6) is 0 Å². The largest absolute Gasteiger partial charge is 0.397 e. The number of carbonyl (C=O) groups is 1. The van der Waals surface area contributed by atoms with E-state index in [0.717, 1.165) is 38.3 Å². The second kappa shape index (κ2) is 22.0. The Bertz CT molecular complexity index is 545. The van der Waals surface area contributed by atoms with Crippen LogP contribution in [0.15, 0.2) is 0 Å². The van der Waals surface area contributed by atoms with E-state index in [1.807, 2.05) is 13.8 Å². The second-order valence-electron chi connectivity index (χ2n) is 10.1. The molecule has 0 aromatic carbocycles. The third-order valence-corrected chi connectivity index (χ3v) is 5.81. The van der Waals surface area contributed by atoms with Crippen molar-refractivity contribution in [2.75, 3.05) is 19.7 Å². The van der Waals surface area contributed by atoms with E-state index in [-0.39, 0.29) is 12.1 Å². The van der Waals surface area contributed by atoms with Gasteiger partial charge >= 0.3 is 10.4 Å². The van der Waals surface area contributed by atoms with Crippen LogP contribution in [-0.2, 0) is 19.4 Å². The van der Waals surface area contributed by atoms with E-state index in [1.54, 1.807) is 0 Å². The molecule has 0 aliphatic carbocycles. The molecule has 0 saturated heterocycles. The maximum absolute atomic E-state index is 11.8. The van der Waals surface area contributed by atoms with Gasteiger partial charge in [0.2, 0.25) is 0 Å². The Labute approximate surface area is 205 Å². The molecule has 0 radical (unpaired) electrons. The Balaban J connectivity index is 0. The van der Waals surface area contributed by atoms with Crippen molar-refractivity contribution in [3.63, 3.8) is 0 Å². The van der Waals surface area contributed by atoms with Crippen molar-refractivity contribution in [1.29, 1.82) is 0 Å². The van der Waals surface area contributed by atoms with Gasteiger partial charge in [-0.05, 0) is 46.1 Å². The highest BCUT2D eigenvalue weighted by Gasteiger charge is 2.09. The summed E-state index contributed by atoms with van der Waals surface area (Å²) in [6.45, 7) is 11.8. The number of Topliss-reactive ketones (excluding diaryl/α,β-unsaturated/α-hetero) is 1. The highest BCUT2D eigenvalue weighted by atomic mass is 32.3. The lowest BCUT2D eigenvalue weighted by atomic mass is 10.0. The average molecular weight is 495 g/mol. The molecule has 0 atom stereocenters. The number of nitrogens with one attached hydrogen (secondary N) is 1. The van der Waals surface area contributed by atoms with Crippen molar-refractivity contribution in [2.45, 2.75) is 130 Å². The van der Waals surface area contributed by atoms with Crippen LogP contribution in [0.1, 0.15) is 125 Å². The molecule has 8 heteroatoms. The van der Waals surface area contributed by atoms with Crippen molar-refractivity contribution in [1.82, 2.24) is 5.32 Å². The molecule has 200 valence electrons. The van der Waals surface area contributed by atoms with E-state index < -0.39 is 10.4 Å². The van der Waals surface area contributed by atoms with Gasteiger partial charge in [0.15, 0.2) is 0 Å². The van der Waals surface area contributed by atoms with Crippen LogP contribution in [0, 0.1) is 5.92 Å². The molecule has 7 nitrogen and oxygen atoms in total. The molecule has 0 aromatic heterocycles. The monoisotopic (exact) mass is 494 g/mol. The zero-order chi connectivity index (χ0) is 25.6. The molecule has 0 heterocycles. The minimum absolute atomic E-state index is 0.0289. The summed E-state index contributed by atoms with van der Waals surface area (Å²) in [6, 6.07) is 0. The summed E-state index contributed by atoms with van der Waals surface area (Å²) >= 11 is 0. The Morgan fingerprint density at radius 3 is 1.79 bits per heavy atom. The van der Waals surface area contributed by atoms with E-state index in [4.69, 9.17) is 10.3 Å². The maximum atomic E-state index is 11.8. The summed E-state index contributed by atoms with van der Waals surface area (Å²) in [5.41, 5.74) is 5.81. The first kappa shape index (κ1) is 34.6. The summed E-state index contributed by atoms with van der Waals surface area (Å²) < 4.78 is 30.7. The number of carbonyl (C=O) groups excluding carboxylic acids is 1. The van der Waals surface area contributed by atoms with E-state index in [0.29, 0.717) is 12.2 Å². The summed E-state index contributed by atoms with van der Waals surface area (Å²) in [6.07, 6.45) is 17.1. The molecule has 0 rings (SSSR count). The molecule has 4 N–H and O–H groups in total. The maximum Gasteiger partial charge on any atom is 0.397 e. The van der Waals surface area contributed by atoms with E-state index in [9.17, 15) is 13.2 Å². The van der Waals surface area contributed by atoms with Crippen LogP contribution in [0.4, 0.5) is 0 Å². The van der Waals surface area contributed by atoms with Crippen LogP contribution in [-0.4, -0.2) is 44.0 Å². The molecule has 0 aliphatic heterocycles. The molecule has 0 saturated carbocycles. The Hall–Kier alpha value is -0.540. The molecule has 0 amide bonds. The number of rotatable bonds is 21. The molecule has 0 unspecified atom stereocenters. The molecule has 0 aromatic rings. The number of unbranched alkanes of at least 4 members (excludes halogenated alkanes) is 9. The predicted octanol–water partition coefficient (Wildman–Crippen LogP) is 5.83. The summed E-state index contributed by atoms with van der Waals surface area (Å²) in [4.78, 5) is 11.8. The van der Waals surface area contributed by atoms with Gasteiger partial charge in [-0.15, -0.1) is 0 Å². The van der Waals surface area contributed by atoms with Gasteiger partial charge < -0.3 is 11.1 Å². The van der Waals surface area contributed by atoms with E-state index in [2.05, 4.69) is 23.3 Å². The lowest BCUT2D eigenvalue weighted by Crippen LogP contribution is -2.36. The first-order valence-corrected chi connectivity index (χ1v) is 14.4. The predicted molar refractivity (Wildman–Crippen MR) is 139 cm³/mol. The fourth-order valence-corrected chi connectivity index (χ4v) is 3.62. The molecular weight excluding hydrogens is 440 g/mol. The third-order valence-electron chi connectivity index (χ3n) is 5.28. The first-order chi connectivity index (χ1) is 15.4. The molecular formula is C25H54N2O5S. The number of ketones is 1. The van der Waals surface area contributed by atoms with Crippen LogP contribution >= 0.6 is 0 Å². The fourth-order valence-electron chi connectivity index (χ4n) is 3.33. The third kappa shape index (κ3) is 36.2. The molecule has 0 fully saturated rings. The zero-order valence-electron chi connectivity index (χ0n) is 22.2. The minimum Gasteiger partial charge on any atom is -0.326 e. The average Bonchev–Trinajstić information content (AvgIpc) is 2.67. The minimum atomic E-state index is -4.17. The molecule has 0 aliphatic rings. The van der Waals surface area contributed by atoms with Crippen LogP contribution in [0.2, 0.25) is 0 Å². The van der Waals surface area contributed by atoms with Crippen molar-refractivity contribution < 1.29 is 21.9 Å². The van der Waals surface area contributed by atoms with Crippen LogP contribution < -0.4 is 11.1 Å². The first-order valence-electron chi connectivity index (χ1n) is 13.0. The van der Waals surface area contributed by atoms with Gasteiger partial charge in [0.1, 0.15) is 5.78 Å². The van der Waals surface area contributed by atoms with Crippen molar-refractivity contribution in [3.05, 3.63) is 0 Å². The summed E-state index contributed by atoms with van der Waals surface area (Å²) in [7, 11) is -4.17. The van der Waals surface area contributed by atoms with Gasteiger partial charge in [0, 0.05) is 24.9 Å². The standard InChI is InChI=1S/C23H48N2O.C2H6O4S/c1-21(2)15-13-11-9-7-5-6-8-10-12-14-16-22(26)17-19-25-20-18-23(3,4)24;1-2-6-7(3,4)5/h21,25H,5-20,24H2,1-4H3;2H2,1H3,(H,3,4,5). The van der Waals surface area contributed by atoms with Gasteiger partial charge in [0.25, 0.3) is 0 Å². The Kier molecular flexibility index (Phi) is 23.0. The Morgan fingerprint density at radius 1 is 0.909 bits per heavy atom. The van der Waals surface area contributed by atoms with Gasteiger partial charge in [-0.1, -0.05) is 78.1 Å². The quantitative estimate of drug-likeness (QED) is 0.136. The molecule has 0 bridgehead atoms. The number of hydrogen-bond acceptors (Lipinski definition) is 6. The van der Waals surface area contributed by atoms with E-state index >= 15 is 0 Å². The zero-order valence-corrected chi connectivity index (χ0v) is 23.0. The highest BCUT2D eigenvalue weighted by molar-refractivity contribution is 7.80. The Morgan fingerprint density at radius 2 is 1.39 bits per heavy atom. The SMILES string of the molecule is CC(C)CCCCCCCCCCCCC(=O)CCNCCC(C)(C)N.CCOS(=O)(=O)O. The summed E-state index contributed by atoms with van der Waals surface area (Å²) in [5, 5.41) is 3.32. The second-order valence-corrected chi connectivity index (χ2v) is 11.2. The van der Waals surface area contributed by atoms with Crippen molar-refractivity contribution >= 4 is 16.2 Å². The van der Waals surface area contributed by atoms with Crippen LogP contribution in [0.3, 0.4) is 0 Å². The van der Waals surface area contributed by atoms with Gasteiger partial charge in [-0.2, -0.15) is 8.42 Å². The normalized spacial score (nSPS) is 12.0. The van der Waals surface area contributed by atoms with Crippen molar-refractivity contribution in [3.8, 4) is 0 Å². The van der Waals surface area contributed by atoms with Gasteiger partial charge in [-0.3, -0.25) is 9.35 Å². The van der Waals surface area contributed by atoms with Crippen molar-refractivity contribution in [2.24, 2.45) is 11.7 Å². The van der Waals surface area contributed by atoms with Gasteiger partial charge in [-0.25, -0.2) is 4.18 Å². The highest BCUT2D eigenvalue weighted by Crippen LogP contribution is 2.14. The molecule has 33 heavy (non-hydrogen) atoms. The van der Waals surface area contributed by atoms with E-state index in [1.165, 1.54) is 71.1 Å². The lowest BCUT2D eigenvalue weighted by molar-refractivity contribution is -0.119. The van der Waals surface area contributed by atoms with Gasteiger partial charge in [0.05, 0.1) is 6.61 Å². The smallest absolute Gasteiger partial charge is 0.326 e.